The number of carboxylic acid groups (broad SMARTS) is 1. The van der Waals surface area contributed by atoms with Crippen molar-refractivity contribution in [2.45, 2.75) is 148 Å². The summed E-state index contributed by atoms with van der Waals surface area (Å²) in [7, 11) is 0. The third-order valence-electron chi connectivity index (χ3n) is 16.7. The van der Waals surface area contributed by atoms with Gasteiger partial charge in [0, 0.05) is 108 Å². The maximum Gasteiger partial charge on any atom is 0.336 e. The van der Waals surface area contributed by atoms with Gasteiger partial charge in [-0.15, -0.1) is 0 Å². The first-order valence-electron chi connectivity index (χ1n) is 28.4. The molecule has 10 rings (SSSR count). The van der Waals surface area contributed by atoms with Crippen LogP contribution in [0.25, 0.3) is 5.57 Å². The zero-order valence-corrected chi connectivity index (χ0v) is 43.7. The smallest absolute Gasteiger partial charge is 0.336 e. The molecule has 6 aliphatic rings. The molecule has 0 bridgehead atoms. The minimum absolute atomic E-state index is 0.126. The molecule has 0 aromatic heterocycles. The number of unbranched alkanes of at least 4 members (excludes halogenated alkanes) is 3. The minimum atomic E-state index is -1.06. The van der Waals surface area contributed by atoms with Gasteiger partial charge in [-0.2, -0.15) is 0 Å². The topological polar surface area (TPSA) is 181 Å². The molecule has 4 aromatic carbocycles. The number of aromatic carboxylic acids is 1. The Balaban J connectivity index is 0.926. The maximum absolute atomic E-state index is 14.5. The van der Waals surface area contributed by atoms with E-state index in [0.29, 0.717) is 54.1 Å². The van der Waals surface area contributed by atoms with Crippen LogP contribution < -0.4 is 40.9 Å². The van der Waals surface area contributed by atoms with Crippen LogP contribution in [0, 0.1) is 5.92 Å². The van der Waals surface area contributed by atoms with E-state index >= 15 is 0 Å². The predicted molar refractivity (Wildman–Crippen MR) is 290 cm³/mol. The number of ether oxygens (including phenoxy) is 1. The molecular weight excluding hydrogens is 945 g/mol. The third-order valence-corrected chi connectivity index (χ3v) is 16.7. The Hall–Kier alpha value is -6.54. The lowest BCUT2D eigenvalue weighted by molar-refractivity contribution is -0.129. The van der Waals surface area contributed by atoms with E-state index in [0.717, 1.165) is 157 Å². The van der Waals surface area contributed by atoms with Gasteiger partial charge in [0.1, 0.15) is 24.6 Å². The van der Waals surface area contributed by atoms with E-state index in [-0.39, 0.29) is 42.8 Å². The summed E-state index contributed by atoms with van der Waals surface area (Å²) in [5, 5.41) is 27.9. The molecule has 0 spiro atoms. The summed E-state index contributed by atoms with van der Waals surface area (Å²) < 4.78 is 9.85. The van der Waals surface area contributed by atoms with Gasteiger partial charge in [-0.1, -0.05) is 44.9 Å². The highest BCUT2D eigenvalue weighted by Crippen LogP contribution is 2.48. The number of nitrogens with zero attached hydrogens (tertiary/aromatic N) is 3. The van der Waals surface area contributed by atoms with E-state index in [1.165, 1.54) is 52.6 Å². The summed E-state index contributed by atoms with van der Waals surface area (Å²) in [5.74, 6) is -0.0738. The Morgan fingerprint density at radius 2 is 1.39 bits per heavy atom. The van der Waals surface area contributed by atoms with Crippen molar-refractivity contribution in [2.24, 2.45) is 5.92 Å². The normalized spacial score (nSPS) is 17.1. The fourth-order valence-corrected chi connectivity index (χ4v) is 13.0. The van der Waals surface area contributed by atoms with E-state index in [2.05, 4.69) is 32.2 Å². The second-order valence-corrected chi connectivity index (χ2v) is 21.9. The zero-order valence-electron chi connectivity index (χ0n) is 43.7. The molecule has 1 saturated carbocycles. The van der Waals surface area contributed by atoms with Gasteiger partial charge in [0.2, 0.25) is 17.2 Å². The zero-order chi connectivity index (χ0) is 51.8. The monoisotopic (exact) mass is 1020 g/mol. The molecule has 5 N–H and O–H groups in total. The summed E-state index contributed by atoms with van der Waals surface area (Å²) in [5.41, 5.74) is 11.7. The Kier molecular flexibility index (Phi) is 16.6. The highest BCUT2D eigenvalue weighted by Gasteiger charge is 2.36. The molecule has 4 amide bonds. The number of benzene rings is 4. The first-order valence-corrected chi connectivity index (χ1v) is 28.4. The highest BCUT2D eigenvalue weighted by molar-refractivity contribution is 6.03. The number of carbonyl (C=O) groups is 5. The lowest BCUT2D eigenvalue weighted by Gasteiger charge is -2.35. The van der Waals surface area contributed by atoms with Crippen LogP contribution >= 0.6 is 0 Å². The van der Waals surface area contributed by atoms with Gasteiger partial charge in [0.15, 0.2) is 0 Å². The lowest BCUT2D eigenvalue weighted by atomic mass is 9.82. The largest absolute Gasteiger partial charge is 0.478 e. The molecule has 4 aromatic rings. The number of hydroxylamine groups is 1. The van der Waals surface area contributed by atoms with Crippen LogP contribution in [-0.2, 0) is 35.3 Å². The molecular formula is C61H75N6O8+. The number of aryl methyl sites for hydroxylation is 2. The summed E-state index contributed by atoms with van der Waals surface area (Å²) in [4.78, 5) is 70.8. The van der Waals surface area contributed by atoms with Crippen LogP contribution in [0.2, 0.25) is 0 Å². The Morgan fingerprint density at radius 1 is 0.680 bits per heavy atom. The fraction of sp³-hybridized carbons (Fsp3) is 0.508. The van der Waals surface area contributed by atoms with Crippen LogP contribution in [0.4, 0.5) is 11.4 Å². The highest BCUT2D eigenvalue weighted by atomic mass is 16.5. The number of fused-ring (bicyclic) bond motifs is 4. The Labute approximate surface area is 440 Å². The molecule has 0 radical (unpaired) electrons. The number of nitrogens with one attached hydrogen (secondary N) is 3. The van der Waals surface area contributed by atoms with E-state index in [4.69, 9.17) is 9.94 Å². The molecule has 0 saturated heterocycles. The van der Waals surface area contributed by atoms with Crippen molar-refractivity contribution in [3.05, 3.63) is 115 Å². The molecule has 0 unspecified atom stereocenters. The van der Waals surface area contributed by atoms with Gasteiger partial charge < -0.3 is 30.3 Å². The van der Waals surface area contributed by atoms with Gasteiger partial charge in [0.25, 0.3) is 11.8 Å². The van der Waals surface area contributed by atoms with Crippen LogP contribution in [0.5, 0.6) is 11.5 Å². The summed E-state index contributed by atoms with van der Waals surface area (Å²) in [6, 6.07) is 16.5. The van der Waals surface area contributed by atoms with Crippen LogP contribution in [0.3, 0.4) is 0 Å². The quantitative estimate of drug-likeness (QED) is 0.0264. The molecule has 1 aliphatic carbocycles. The number of rotatable bonds is 17. The van der Waals surface area contributed by atoms with Gasteiger partial charge in [-0.25, -0.2) is 14.9 Å². The fourth-order valence-electron chi connectivity index (χ4n) is 13.0. The molecule has 75 heavy (non-hydrogen) atoms. The molecule has 5 aliphatic heterocycles. The number of hydrogen-bond donors (Lipinski definition) is 5. The van der Waals surface area contributed by atoms with Crippen molar-refractivity contribution in [3.63, 3.8) is 0 Å². The second kappa shape index (κ2) is 24.0. The predicted octanol–water partition coefficient (Wildman–Crippen LogP) is 8.62. The van der Waals surface area contributed by atoms with Crippen molar-refractivity contribution < 1.29 is 39.0 Å². The van der Waals surface area contributed by atoms with Gasteiger partial charge >= 0.3 is 5.97 Å². The molecule has 396 valence electrons. The number of anilines is 2. The average Bonchev–Trinajstić information content (AvgIpc) is 3.78. The van der Waals surface area contributed by atoms with Crippen LogP contribution in [0.1, 0.15) is 186 Å². The van der Waals surface area contributed by atoms with E-state index in [9.17, 15) is 29.1 Å². The number of carbonyl (C=O) groups excluding carboxylic acids is 4. The number of carboxylic acids is 1. The van der Waals surface area contributed by atoms with E-state index < -0.39 is 11.9 Å². The maximum atomic E-state index is 14.5. The molecule has 1 fully saturated rings. The van der Waals surface area contributed by atoms with Gasteiger partial charge in [-0.3, -0.25) is 24.4 Å². The average molecular weight is 1020 g/mol. The summed E-state index contributed by atoms with van der Waals surface area (Å²) >= 11 is 0. The summed E-state index contributed by atoms with van der Waals surface area (Å²) in [6.45, 7) is 5.12. The van der Waals surface area contributed by atoms with Crippen molar-refractivity contribution in [3.8, 4) is 11.5 Å². The minimum Gasteiger partial charge on any atom is -0.478 e. The number of amides is 4. The van der Waals surface area contributed by atoms with Crippen molar-refractivity contribution in [1.82, 2.24) is 20.3 Å². The third kappa shape index (κ3) is 11.7. The molecule has 5 heterocycles. The summed E-state index contributed by atoms with van der Waals surface area (Å²) in [6.07, 6.45) is 21.5. The van der Waals surface area contributed by atoms with E-state index in [1.807, 2.05) is 4.90 Å². The first-order chi connectivity index (χ1) is 36.6. The van der Waals surface area contributed by atoms with Crippen molar-refractivity contribution >= 4 is 46.5 Å². The van der Waals surface area contributed by atoms with Crippen LogP contribution in [-0.4, -0.2) is 90.6 Å². The Morgan fingerprint density at radius 3 is 2.17 bits per heavy atom. The van der Waals surface area contributed by atoms with Crippen molar-refractivity contribution in [2.75, 3.05) is 56.0 Å². The van der Waals surface area contributed by atoms with E-state index in [1.54, 1.807) is 47.9 Å². The Bertz CT molecular complexity index is 2960. The molecule has 0 atom stereocenters. The lowest BCUT2D eigenvalue weighted by Crippen LogP contribution is -2.41. The van der Waals surface area contributed by atoms with Crippen molar-refractivity contribution in [1.29, 1.82) is 0 Å². The first kappa shape index (κ1) is 51.9. The standard InChI is InChI=1S/C61H74N6O8/c68-52(22-8-4-5-9-23-53(69)64-74)63-45-27-24-41(25-28-45)60(71)67(39-40-16-6-2-1-3-7-17-40)35-30-62-59(70)44-26-29-46(61(72)73)49(38-44)54-50-36-42-18-10-12-31-65-33-14-20-47(55(42)65)57(50)75-58-48-21-15-34-66-32-13-11-19-43(56(48)66)37-51(54)58/h24-29,36-38,40H,1-23,30-35,39H2,(H4-,62,63,64,68,69,70,71,72,73,74)/p+1. The molecule has 14 heteroatoms. The second-order valence-electron chi connectivity index (χ2n) is 21.9. The molecule has 14 nitrogen and oxygen atoms in total. The van der Waals surface area contributed by atoms with Crippen LogP contribution in [0.15, 0.2) is 54.6 Å². The SMILES string of the molecule is O=C(CCCCCCC(=O)Nc1ccc(C(=O)N(CCNC(=O)c2ccc(C(=O)O)c(C3=c4cc5c6c(c4Oc4c3cc3c7c4CCCN7CCCC3)CCC[N+]=6CCCC5)c2)CC2CCCCCCC2)cc1)NO. The number of hydrogen-bond acceptors (Lipinski definition) is 8. The van der Waals surface area contributed by atoms with Gasteiger partial charge in [0.05, 0.1) is 11.1 Å². The van der Waals surface area contributed by atoms with Gasteiger partial charge in [-0.05, 0) is 149 Å².